The molecule has 4 saturated carbocycles. The first-order valence-electron chi connectivity index (χ1n) is 9.11. The summed E-state index contributed by atoms with van der Waals surface area (Å²) in [5.41, 5.74) is 0.516. The van der Waals surface area contributed by atoms with Crippen molar-refractivity contribution >= 4 is 34.8 Å². The van der Waals surface area contributed by atoms with Crippen LogP contribution in [0.1, 0.15) is 38.5 Å². The quantitative estimate of drug-likeness (QED) is 0.568. The summed E-state index contributed by atoms with van der Waals surface area (Å²) in [6.45, 7) is 0. The normalized spacial score (nSPS) is 32.2. The van der Waals surface area contributed by atoms with E-state index in [2.05, 4.69) is 10.6 Å². The highest BCUT2D eigenvalue weighted by Gasteiger charge is 2.50. The molecule has 0 unspecified atom stereocenters. The highest BCUT2D eigenvalue weighted by molar-refractivity contribution is 6.44. The van der Waals surface area contributed by atoms with Crippen LogP contribution in [0.4, 0.5) is 5.69 Å². The molecule has 4 aliphatic rings. The number of amides is 1. The second-order valence-corrected chi connectivity index (χ2v) is 8.85. The van der Waals surface area contributed by atoms with Crippen molar-refractivity contribution in [1.82, 2.24) is 5.32 Å². The predicted molar refractivity (Wildman–Crippen MR) is 103 cm³/mol. The SMILES string of the molecule is N#C/C(=C/NC12CC3CC(CC(C3)C1)C2)C(=O)Nc1cccc(Cl)c1Cl. The lowest BCUT2D eigenvalue weighted by molar-refractivity contribution is -0.112. The molecule has 4 bridgehead atoms. The van der Waals surface area contributed by atoms with Gasteiger partial charge in [0.25, 0.3) is 5.91 Å². The summed E-state index contributed by atoms with van der Waals surface area (Å²) in [7, 11) is 0. The number of nitrogens with zero attached hydrogens (tertiary/aromatic N) is 1. The number of rotatable bonds is 4. The predicted octanol–water partition coefficient (Wildman–Crippen LogP) is 4.90. The van der Waals surface area contributed by atoms with Gasteiger partial charge in [-0.2, -0.15) is 5.26 Å². The minimum atomic E-state index is -0.478. The zero-order chi connectivity index (χ0) is 18.3. The van der Waals surface area contributed by atoms with E-state index in [1.54, 1.807) is 24.4 Å². The van der Waals surface area contributed by atoms with Crippen molar-refractivity contribution in [2.45, 2.75) is 44.1 Å². The summed E-state index contributed by atoms with van der Waals surface area (Å²) in [5.74, 6) is 1.92. The van der Waals surface area contributed by atoms with Gasteiger partial charge in [0.15, 0.2) is 0 Å². The molecule has 4 fully saturated rings. The van der Waals surface area contributed by atoms with Gasteiger partial charge in [-0.15, -0.1) is 0 Å². The van der Waals surface area contributed by atoms with E-state index in [1.165, 1.54) is 19.3 Å². The summed E-state index contributed by atoms with van der Waals surface area (Å²) in [6, 6.07) is 7.01. The zero-order valence-electron chi connectivity index (χ0n) is 14.4. The third-order valence-corrected chi connectivity index (χ3v) is 6.94. The highest BCUT2D eigenvalue weighted by Crippen LogP contribution is 2.55. The largest absolute Gasteiger partial charge is 0.384 e. The minimum absolute atomic E-state index is 0.0526. The fourth-order valence-electron chi connectivity index (χ4n) is 5.45. The molecule has 5 rings (SSSR count). The number of hydrogen-bond acceptors (Lipinski definition) is 3. The molecule has 1 aromatic rings. The van der Waals surface area contributed by atoms with Gasteiger partial charge in [-0.3, -0.25) is 4.79 Å². The first-order valence-corrected chi connectivity index (χ1v) is 9.87. The number of nitrogens with one attached hydrogen (secondary N) is 2. The Morgan fingerprint density at radius 1 is 1.15 bits per heavy atom. The molecule has 0 atom stereocenters. The lowest BCUT2D eigenvalue weighted by Crippen LogP contribution is -2.57. The van der Waals surface area contributed by atoms with Crippen LogP contribution in [-0.4, -0.2) is 11.4 Å². The maximum Gasteiger partial charge on any atom is 0.267 e. The lowest BCUT2D eigenvalue weighted by Gasteiger charge is -2.56. The number of benzene rings is 1. The summed E-state index contributed by atoms with van der Waals surface area (Å²) in [4.78, 5) is 12.5. The van der Waals surface area contributed by atoms with Crippen molar-refractivity contribution in [1.29, 1.82) is 5.26 Å². The van der Waals surface area contributed by atoms with Crippen molar-refractivity contribution in [3.05, 3.63) is 40.0 Å². The molecule has 4 aliphatic carbocycles. The molecule has 26 heavy (non-hydrogen) atoms. The summed E-state index contributed by atoms with van der Waals surface area (Å²) < 4.78 is 0. The number of hydrogen-bond donors (Lipinski definition) is 2. The Morgan fingerprint density at radius 2 is 1.77 bits per heavy atom. The van der Waals surface area contributed by atoms with Gasteiger partial charge in [-0.25, -0.2) is 0 Å². The van der Waals surface area contributed by atoms with Crippen LogP contribution in [-0.2, 0) is 4.79 Å². The third-order valence-electron chi connectivity index (χ3n) is 6.13. The molecule has 136 valence electrons. The van der Waals surface area contributed by atoms with E-state index in [1.807, 2.05) is 6.07 Å². The molecular weight excluding hydrogens is 369 g/mol. The zero-order valence-corrected chi connectivity index (χ0v) is 15.9. The number of anilines is 1. The van der Waals surface area contributed by atoms with Crippen LogP contribution in [0.15, 0.2) is 30.0 Å². The van der Waals surface area contributed by atoms with Crippen LogP contribution in [0, 0.1) is 29.1 Å². The van der Waals surface area contributed by atoms with E-state index < -0.39 is 5.91 Å². The molecule has 0 saturated heterocycles. The van der Waals surface area contributed by atoms with Gasteiger partial charge in [0.1, 0.15) is 11.6 Å². The summed E-state index contributed by atoms with van der Waals surface area (Å²) >= 11 is 12.1. The lowest BCUT2D eigenvalue weighted by atomic mass is 9.53. The Bertz CT molecular complexity index is 776. The van der Waals surface area contributed by atoms with E-state index in [-0.39, 0.29) is 16.1 Å². The second-order valence-electron chi connectivity index (χ2n) is 8.07. The Morgan fingerprint density at radius 3 is 2.35 bits per heavy atom. The van der Waals surface area contributed by atoms with E-state index in [0.29, 0.717) is 10.7 Å². The van der Waals surface area contributed by atoms with Gasteiger partial charge < -0.3 is 10.6 Å². The van der Waals surface area contributed by atoms with Crippen LogP contribution < -0.4 is 10.6 Å². The van der Waals surface area contributed by atoms with Gasteiger partial charge >= 0.3 is 0 Å². The molecule has 0 radical (unpaired) electrons. The van der Waals surface area contributed by atoms with Crippen LogP contribution >= 0.6 is 23.2 Å². The van der Waals surface area contributed by atoms with E-state index >= 15 is 0 Å². The number of carbonyl (C=O) groups is 1. The number of nitriles is 1. The van der Waals surface area contributed by atoms with E-state index in [4.69, 9.17) is 23.2 Å². The van der Waals surface area contributed by atoms with Crippen molar-refractivity contribution in [3.63, 3.8) is 0 Å². The highest BCUT2D eigenvalue weighted by atomic mass is 35.5. The fraction of sp³-hybridized carbons (Fsp3) is 0.500. The molecule has 0 spiro atoms. The molecule has 1 aromatic carbocycles. The minimum Gasteiger partial charge on any atom is -0.384 e. The van der Waals surface area contributed by atoms with Crippen molar-refractivity contribution in [2.75, 3.05) is 5.32 Å². The Balaban J connectivity index is 1.48. The summed E-state index contributed by atoms with van der Waals surface area (Å²) in [5, 5.41) is 16.2. The van der Waals surface area contributed by atoms with Crippen LogP contribution in [0.2, 0.25) is 10.0 Å². The average molecular weight is 390 g/mol. The van der Waals surface area contributed by atoms with E-state index in [0.717, 1.165) is 37.0 Å². The number of carbonyl (C=O) groups excluding carboxylic acids is 1. The van der Waals surface area contributed by atoms with Gasteiger partial charge in [-0.1, -0.05) is 29.3 Å². The molecule has 0 aromatic heterocycles. The first kappa shape index (κ1) is 17.7. The molecule has 0 heterocycles. The Kier molecular flexibility index (Phi) is 4.62. The molecule has 6 heteroatoms. The standard InChI is InChI=1S/C20H21Cl2N3O/c21-16-2-1-3-17(18(16)22)25-19(26)15(10-23)11-24-20-7-12-4-13(8-20)6-14(5-12)9-20/h1-3,11-14,24H,4-9H2,(H,25,26)/b15-11-. The monoisotopic (exact) mass is 389 g/mol. The molecule has 1 amide bonds. The van der Waals surface area contributed by atoms with Crippen molar-refractivity contribution in [2.24, 2.45) is 17.8 Å². The molecule has 2 N–H and O–H groups in total. The third kappa shape index (κ3) is 3.31. The van der Waals surface area contributed by atoms with Crippen molar-refractivity contribution < 1.29 is 4.79 Å². The Labute approximate surface area is 163 Å². The van der Waals surface area contributed by atoms with Gasteiger partial charge in [0, 0.05) is 11.7 Å². The number of halogens is 2. The van der Waals surface area contributed by atoms with Crippen molar-refractivity contribution in [3.8, 4) is 6.07 Å². The maximum atomic E-state index is 12.5. The van der Waals surface area contributed by atoms with Crippen LogP contribution in [0.3, 0.4) is 0 Å². The van der Waals surface area contributed by atoms with Gasteiger partial charge in [-0.05, 0) is 68.4 Å². The van der Waals surface area contributed by atoms with E-state index in [9.17, 15) is 10.1 Å². The summed E-state index contributed by atoms with van der Waals surface area (Å²) in [6.07, 6.45) is 9.10. The first-order chi connectivity index (χ1) is 12.5. The molecule has 4 nitrogen and oxygen atoms in total. The molecular formula is C20H21Cl2N3O. The maximum absolute atomic E-state index is 12.5. The average Bonchev–Trinajstić information content (AvgIpc) is 2.58. The van der Waals surface area contributed by atoms with Gasteiger partial charge in [0.05, 0.1) is 15.7 Å². The topological polar surface area (TPSA) is 64.9 Å². The van der Waals surface area contributed by atoms with Crippen LogP contribution in [0.25, 0.3) is 0 Å². The fourth-order valence-corrected chi connectivity index (χ4v) is 5.80. The van der Waals surface area contributed by atoms with Crippen LogP contribution in [0.5, 0.6) is 0 Å². The van der Waals surface area contributed by atoms with Gasteiger partial charge in [0.2, 0.25) is 0 Å². The smallest absolute Gasteiger partial charge is 0.267 e. The second kappa shape index (κ2) is 6.79. The Hall–Kier alpha value is -1.70. The molecule has 0 aliphatic heterocycles.